The first-order chi connectivity index (χ1) is 24.3. The van der Waals surface area contributed by atoms with Crippen LogP contribution in [0, 0.1) is 37.5 Å². The highest BCUT2D eigenvalue weighted by Gasteiger charge is 2.65. The highest BCUT2D eigenvalue weighted by atomic mass is 16.7. The van der Waals surface area contributed by atoms with Gasteiger partial charge in [-0.05, 0) is 111 Å². The number of nitrogens with zero attached hydrogens (tertiary/aromatic N) is 2. The fourth-order valence-corrected chi connectivity index (χ4v) is 8.59. The van der Waals surface area contributed by atoms with Gasteiger partial charge in [-0.1, -0.05) is 36.2 Å². The van der Waals surface area contributed by atoms with E-state index in [4.69, 9.17) is 19.0 Å². The largest absolute Gasteiger partial charge is 0.459 e. The Balaban J connectivity index is 1.54. The number of allylic oxidation sites excluding steroid dienone is 1. The zero-order valence-corrected chi connectivity index (χ0v) is 30.1. The van der Waals surface area contributed by atoms with E-state index in [0.717, 1.165) is 84.6 Å². The topological polar surface area (TPSA) is 110 Å². The number of oxime groups is 1. The van der Waals surface area contributed by atoms with Crippen molar-refractivity contribution in [2.75, 3.05) is 34.0 Å². The summed E-state index contributed by atoms with van der Waals surface area (Å²) in [6.07, 6.45) is 11.3. The molecule has 2 N–H and O–H groups in total. The number of rotatable bonds is 16. The minimum atomic E-state index is -1.22. The summed E-state index contributed by atoms with van der Waals surface area (Å²) in [5.74, 6) is 1.03. The lowest BCUT2D eigenvalue weighted by molar-refractivity contribution is -0.255. The standard InChI is InChI=1S/C41H54N2O7/c1-6-21-48-41-37(43(4)40(46)28-14-15-28)25-35(42-47-5)33-23-29(11-7-9-19-44)32(12-8-10-20-45)38(39(33)41)34-24-31(17-18-36(34)50-41)49-30-16-13-26(2)27(3)22-30/h6,13,16-18,22-24,28-29,32,37-39,44-45H,1,7-12,14-15,19-21,25H2,2-5H3/t29-,32+,37-,38+,39+,41+/m0/s1. The number of aliphatic hydroxyl groups excluding tert-OH is 2. The summed E-state index contributed by atoms with van der Waals surface area (Å²) < 4.78 is 20.6. The van der Waals surface area contributed by atoms with Crippen molar-refractivity contribution in [3.8, 4) is 17.2 Å². The zero-order chi connectivity index (χ0) is 35.4. The van der Waals surface area contributed by atoms with Crippen LogP contribution in [-0.2, 0) is 14.4 Å². The van der Waals surface area contributed by atoms with Gasteiger partial charge in [0.2, 0.25) is 11.7 Å². The predicted octanol–water partition coefficient (Wildman–Crippen LogP) is 7.23. The minimum absolute atomic E-state index is 0.0153. The Labute approximate surface area is 296 Å². The van der Waals surface area contributed by atoms with Gasteiger partial charge in [-0.25, -0.2) is 0 Å². The van der Waals surface area contributed by atoms with Crippen molar-refractivity contribution < 1.29 is 34.1 Å². The lowest BCUT2D eigenvalue weighted by atomic mass is 9.55. The molecule has 3 aliphatic carbocycles. The van der Waals surface area contributed by atoms with Crippen molar-refractivity contribution in [1.29, 1.82) is 0 Å². The zero-order valence-electron chi connectivity index (χ0n) is 30.1. The third kappa shape index (κ3) is 7.10. The Morgan fingerprint density at radius 2 is 1.76 bits per heavy atom. The molecular weight excluding hydrogens is 632 g/mol. The van der Waals surface area contributed by atoms with Crippen molar-refractivity contribution in [3.05, 3.63) is 77.4 Å². The van der Waals surface area contributed by atoms with E-state index in [9.17, 15) is 15.0 Å². The second kappa shape index (κ2) is 15.7. The molecule has 4 aliphatic rings. The number of hydrogen-bond donors (Lipinski definition) is 2. The maximum atomic E-state index is 13.8. The van der Waals surface area contributed by atoms with E-state index in [1.54, 1.807) is 13.2 Å². The van der Waals surface area contributed by atoms with Gasteiger partial charge in [0.05, 0.1) is 18.2 Å². The van der Waals surface area contributed by atoms with Gasteiger partial charge in [0.25, 0.3) is 0 Å². The molecule has 6 atom stereocenters. The lowest BCUT2D eigenvalue weighted by Gasteiger charge is -2.59. The van der Waals surface area contributed by atoms with E-state index >= 15 is 0 Å². The number of unbranched alkanes of at least 4 members (excludes halogenated alkanes) is 2. The van der Waals surface area contributed by atoms with Crippen molar-refractivity contribution in [2.45, 2.75) is 89.4 Å². The summed E-state index contributed by atoms with van der Waals surface area (Å²) >= 11 is 0. The van der Waals surface area contributed by atoms with Gasteiger partial charge in [0.15, 0.2) is 0 Å². The Hall–Kier alpha value is -3.66. The molecule has 1 amide bonds. The molecule has 0 saturated heterocycles. The Kier molecular flexibility index (Phi) is 11.4. The Bertz CT molecular complexity index is 1600. The van der Waals surface area contributed by atoms with E-state index in [0.29, 0.717) is 12.8 Å². The molecule has 2 fully saturated rings. The molecule has 1 heterocycles. The van der Waals surface area contributed by atoms with E-state index in [2.05, 4.69) is 49.9 Å². The summed E-state index contributed by atoms with van der Waals surface area (Å²) in [5.41, 5.74) is 5.23. The van der Waals surface area contributed by atoms with E-state index in [1.165, 1.54) is 5.56 Å². The number of likely N-dealkylation sites (N-methyl/N-ethyl adjacent to an activating group) is 1. The molecule has 0 unspecified atom stereocenters. The molecule has 9 nitrogen and oxygen atoms in total. The number of carbonyl (C=O) groups excluding carboxylic acids is 1. The molecule has 270 valence electrons. The smallest absolute Gasteiger partial charge is 0.239 e. The SMILES string of the molecule is C=CCO[C@@]12Oc3ccc(Oc4ccc(C)c(C)c4)cc3[C@H]3[C@H](CCCCO)[C@@H](CCCCO)C=C(C(=NOC)C[C@@H]1N(C)C(=O)C1CC1)[C@H]32. The van der Waals surface area contributed by atoms with Crippen molar-refractivity contribution >= 4 is 11.6 Å². The Morgan fingerprint density at radius 3 is 2.44 bits per heavy atom. The summed E-state index contributed by atoms with van der Waals surface area (Å²) in [6, 6.07) is 11.7. The van der Waals surface area contributed by atoms with Crippen LogP contribution < -0.4 is 9.47 Å². The first-order valence-corrected chi connectivity index (χ1v) is 18.4. The van der Waals surface area contributed by atoms with Gasteiger partial charge in [0.1, 0.15) is 30.4 Å². The van der Waals surface area contributed by atoms with Crippen molar-refractivity contribution in [2.24, 2.45) is 28.8 Å². The van der Waals surface area contributed by atoms with Gasteiger partial charge < -0.3 is 34.2 Å². The third-order valence-electron chi connectivity index (χ3n) is 11.3. The monoisotopic (exact) mass is 686 g/mol. The number of ether oxygens (including phenoxy) is 3. The maximum absolute atomic E-state index is 13.8. The van der Waals surface area contributed by atoms with Crippen LogP contribution in [0.4, 0.5) is 0 Å². The quantitative estimate of drug-likeness (QED) is 0.109. The number of aliphatic hydroxyl groups is 2. The number of carbonyl (C=O) groups is 1. The highest BCUT2D eigenvalue weighted by Crippen LogP contribution is 2.62. The number of hydrogen-bond acceptors (Lipinski definition) is 8. The van der Waals surface area contributed by atoms with Crippen LogP contribution in [0.25, 0.3) is 0 Å². The molecule has 0 bridgehead atoms. The third-order valence-corrected chi connectivity index (χ3v) is 11.3. The first kappa shape index (κ1) is 36.1. The van der Waals surface area contributed by atoms with Crippen LogP contribution in [0.5, 0.6) is 17.2 Å². The van der Waals surface area contributed by atoms with Crippen LogP contribution in [-0.4, -0.2) is 72.5 Å². The second-order valence-electron chi connectivity index (χ2n) is 14.5. The van der Waals surface area contributed by atoms with Crippen LogP contribution in [0.15, 0.2) is 65.9 Å². The van der Waals surface area contributed by atoms with Gasteiger partial charge in [0, 0.05) is 44.1 Å². The van der Waals surface area contributed by atoms with Gasteiger partial charge in [-0.2, -0.15) is 0 Å². The van der Waals surface area contributed by atoms with E-state index < -0.39 is 11.8 Å². The average molecular weight is 687 g/mol. The molecular formula is C41H54N2O7. The second-order valence-corrected chi connectivity index (χ2v) is 14.5. The van der Waals surface area contributed by atoms with Gasteiger partial charge >= 0.3 is 0 Å². The lowest BCUT2D eigenvalue weighted by Crippen LogP contribution is -2.69. The van der Waals surface area contributed by atoms with E-state index in [1.807, 2.05) is 30.1 Å². The molecule has 2 saturated carbocycles. The molecule has 6 rings (SSSR count). The fraction of sp³-hybridized carbons (Fsp3) is 0.561. The highest BCUT2D eigenvalue weighted by molar-refractivity contribution is 6.03. The molecule has 50 heavy (non-hydrogen) atoms. The average Bonchev–Trinajstić information content (AvgIpc) is 3.96. The maximum Gasteiger partial charge on any atom is 0.239 e. The molecule has 0 aromatic heterocycles. The molecule has 2 aromatic rings. The normalized spacial score (nSPS) is 27.4. The summed E-state index contributed by atoms with van der Waals surface area (Å²) in [4.78, 5) is 21.1. The molecule has 0 radical (unpaired) electrons. The number of benzene rings is 2. The van der Waals surface area contributed by atoms with Gasteiger partial charge in [-0.3, -0.25) is 4.79 Å². The van der Waals surface area contributed by atoms with Crippen molar-refractivity contribution in [3.63, 3.8) is 0 Å². The number of amides is 1. The number of aryl methyl sites for hydroxylation is 2. The van der Waals surface area contributed by atoms with Crippen LogP contribution >= 0.6 is 0 Å². The van der Waals surface area contributed by atoms with Crippen LogP contribution in [0.3, 0.4) is 0 Å². The van der Waals surface area contributed by atoms with Gasteiger partial charge in [-0.15, -0.1) is 6.58 Å². The van der Waals surface area contributed by atoms with Crippen LogP contribution in [0.1, 0.15) is 80.4 Å². The molecule has 9 heteroatoms. The molecule has 2 aromatic carbocycles. The predicted molar refractivity (Wildman–Crippen MR) is 193 cm³/mol. The molecule has 1 aliphatic heterocycles. The summed E-state index contributed by atoms with van der Waals surface area (Å²) in [7, 11) is 3.44. The molecule has 0 spiro atoms. The number of fused-ring (bicyclic) bond motifs is 2. The minimum Gasteiger partial charge on any atom is -0.459 e. The fourth-order valence-electron chi connectivity index (χ4n) is 8.59. The van der Waals surface area contributed by atoms with Crippen molar-refractivity contribution in [1.82, 2.24) is 4.90 Å². The first-order valence-electron chi connectivity index (χ1n) is 18.4. The summed E-state index contributed by atoms with van der Waals surface area (Å²) in [5, 5.41) is 24.2. The van der Waals surface area contributed by atoms with Crippen LogP contribution in [0.2, 0.25) is 0 Å². The Morgan fingerprint density at radius 1 is 1.04 bits per heavy atom. The van der Waals surface area contributed by atoms with E-state index in [-0.39, 0.29) is 55.3 Å². The summed E-state index contributed by atoms with van der Waals surface area (Å²) in [6.45, 7) is 8.69.